The highest BCUT2D eigenvalue weighted by Gasteiger charge is 2.01. The van der Waals surface area contributed by atoms with Crippen molar-refractivity contribution in [3.8, 4) is 0 Å². The highest BCUT2D eigenvalue weighted by molar-refractivity contribution is 5.81. The molecule has 0 aliphatic carbocycles. The van der Waals surface area contributed by atoms with Gasteiger partial charge in [-0.05, 0) is 36.7 Å². The second-order valence-corrected chi connectivity index (χ2v) is 4.50. The lowest BCUT2D eigenvalue weighted by Crippen LogP contribution is -2.16. The van der Waals surface area contributed by atoms with Crippen LogP contribution in [0.25, 0.3) is 10.9 Å². The Morgan fingerprint density at radius 2 is 2.00 bits per heavy atom. The molecule has 3 rings (SSSR count). The van der Waals surface area contributed by atoms with Crippen molar-refractivity contribution in [3.05, 3.63) is 66.2 Å². The van der Waals surface area contributed by atoms with E-state index >= 15 is 0 Å². The first kappa shape index (κ1) is 11.9. The first-order chi connectivity index (χ1) is 9.43. The van der Waals surface area contributed by atoms with Gasteiger partial charge in [-0.2, -0.15) is 0 Å². The number of rotatable bonds is 5. The normalized spacial score (nSPS) is 10.9. The van der Waals surface area contributed by atoms with Gasteiger partial charge in [-0.1, -0.05) is 24.3 Å². The van der Waals surface area contributed by atoms with Crippen molar-refractivity contribution in [1.82, 2.24) is 10.3 Å². The van der Waals surface area contributed by atoms with Gasteiger partial charge in [0.15, 0.2) is 0 Å². The second-order valence-electron chi connectivity index (χ2n) is 4.50. The number of nitrogens with one attached hydrogen (secondary N) is 1. The van der Waals surface area contributed by atoms with E-state index in [1.54, 1.807) is 6.26 Å². The summed E-state index contributed by atoms with van der Waals surface area (Å²) in [4.78, 5) is 4.46. The number of hydrogen-bond donors (Lipinski definition) is 1. The minimum absolute atomic E-state index is 0.769. The topological polar surface area (TPSA) is 38.1 Å². The van der Waals surface area contributed by atoms with Crippen LogP contribution in [-0.2, 0) is 13.0 Å². The van der Waals surface area contributed by atoms with E-state index in [0.29, 0.717) is 0 Å². The van der Waals surface area contributed by atoms with Crippen LogP contribution in [0.1, 0.15) is 11.3 Å². The molecule has 1 aromatic carbocycles. The minimum Gasteiger partial charge on any atom is -0.468 e. The van der Waals surface area contributed by atoms with Gasteiger partial charge in [0, 0.05) is 11.6 Å². The van der Waals surface area contributed by atoms with Gasteiger partial charge in [0.25, 0.3) is 0 Å². The van der Waals surface area contributed by atoms with Gasteiger partial charge >= 0.3 is 0 Å². The fourth-order valence-corrected chi connectivity index (χ4v) is 2.22. The lowest BCUT2D eigenvalue weighted by atomic mass is 10.1. The lowest BCUT2D eigenvalue weighted by Gasteiger charge is -2.06. The van der Waals surface area contributed by atoms with E-state index in [4.69, 9.17) is 4.42 Å². The fourth-order valence-electron chi connectivity index (χ4n) is 2.22. The quantitative estimate of drug-likeness (QED) is 0.709. The molecule has 19 heavy (non-hydrogen) atoms. The number of nitrogens with zero attached hydrogens (tertiary/aromatic N) is 1. The summed E-state index contributed by atoms with van der Waals surface area (Å²) in [6.45, 7) is 1.68. The average molecular weight is 252 g/mol. The average Bonchev–Trinajstić information content (AvgIpc) is 2.97. The largest absolute Gasteiger partial charge is 0.468 e. The Kier molecular flexibility index (Phi) is 3.56. The third kappa shape index (κ3) is 2.83. The molecule has 3 nitrogen and oxygen atoms in total. The molecule has 0 bridgehead atoms. The number of aromatic nitrogens is 1. The number of pyridine rings is 1. The van der Waals surface area contributed by atoms with Gasteiger partial charge in [0.2, 0.25) is 0 Å². The predicted octanol–water partition coefficient (Wildman–Crippen LogP) is 3.16. The Morgan fingerprint density at radius 1 is 1.05 bits per heavy atom. The minimum atomic E-state index is 0.769. The van der Waals surface area contributed by atoms with Crippen molar-refractivity contribution in [3.63, 3.8) is 0 Å². The molecule has 0 unspecified atom stereocenters. The first-order valence-electron chi connectivity index (χ1n) is 6.49. The Labute approximate surface area is 112 Å². The Hall–Kier alpha value is -2.13. The number of para-hydroxylation sites is 1. The maximum Gasteiger partial charge on any atom is 0.117 e. The molecule has 0 fully saturated rings. The summed E-state index contributed by atoms with van der Waals surface area (Å²) in [5, 5.41) is 4.58. The van der Waals surface area contributed by atoms with Crippen molar-refractivity contribution in [1.29, 1.82) is 0 Å². The van der Waals surface area contributed by atoms with Crippen molar-refractivity contribution < 1.29 is 4.42 Å². The summed E-state index contributed by atoms with van der Waals surface area (Å²) >= 11 is 0. The number of furan rings is 1. The molecule has 0 spiro atoms. The summed E-state index contributed by atoms with van der Waals surface area (Å²) in [6.07, 6.45) is 4.52. The summed E-state index contributed by atoms with van der Waals surface area (Å²) in [7, 11) is 0. The van der Waals surface area contributed by atoms with Crippen molar-refractivity contribution >= 4 is 10.9 Å². The molecule has 3 heteroatoms. The van der Waals surface area contributed by atoms with Crippen molar-refractivity contribution in [2.75, 3.05) is 6.54 Å². The van der Waals surface area contributed by atoms with Crippen LogP contribution in [0, 0.1) is 0 Å². The van der Waals surface area contributed by atoms with Crippen LogP contribution in [-0.4, -0.2) is 11.5 Å². The van der Waals surface area contributed by atoms with Crippen LogP contribution in [0.15, 0.2) is 59.3 Å². The third-order valence-electron chi connectivity index (χ3n) is 3.17. The monoisotopic (exact) mass is 252 g/mol. The zero-order chi connectivity index (χ0) is 12.9. The molecule has 0 saturated carbocycles. The predicted molar refractivity (Wildman–Crippen MR) is 75.9 cm³/mol. The number of hydrogen-bond acceptors (Lipinski definition) is 3. The molecule has 96 valence electrons. The van der Waals surface area contributed by atoms with E-state index in [9.17, 15) is 0 Å². The van der Waals surface area contributed by atoms with Gasteiger partial charge in [-0.3, -0.25) is 4.98 Å². The molecule has 0 amide bonds. The standard InChI is InChI=1S/C16H16N2O/c1-4-13-6-2-9-18-16(13)14(5-1)8-10-17-12-15-7-3-11-19-15/h1-7,9,11,17H,8,10,12H2. The third-order valence-corrected chi connectivity index (χ3v) is 3.17. The summed E-state index contributed by atoms with van der Waals surface area (Å²) in [5.74, 6) is 0.969. The maximum absolute atomic E-state index is 5.28. The second kappa shape index (κ2) is 5.67. The van der Waals surface area contributed by atoms with Crippen molar-refractivity contribution in [2.24, 2.45) is 0 Å². The highest BCUT2D eigenvalue weighted by atomic mass is 16.3. The first-order valence-corrected chi connectivity index (χ1v) is 6.49. The molecule has 1 N–H and O–H groups in total. The molecule has 2 heterocycles. The van der Waals surface area contributed by atoms with E-state index in [1.807, 2.05) is 24.4 Å². The fraction of sp³-hybridized carbons (Fsp3) is 0.188. The molecule has 3 aromatic rings. The Bertz CT molecular complexity index is 641. The number of fused-ring (bicyclic) bond motifs is 1. The highest BCUT2D eigenvalue weighted by Crippen LogP contribution is 2.15. The molecular weight excluding hydrogens is 236 g/mol. The van der Waals surface area contributed by atoms with Gasteiger partial charge in [-0.25, -0.2) is 0 Å². The van der Waals surface area contributed by atoms with Crippen LogP contribution in [0.4, 0.5) is 0 Å². The Balaban J connectivity index is 1.62. The van der Waals surface area contributed by atoms with E-state index in [0.717, 1.165) is 30.8 Å². The Morgan fingerprint density at radius 3 is 2.89 bits per heavy atom. The summed E-state index contributed by atoms with van der Waals surface area (Å²) in [6, 6.07) is 14.3. The molecule has 2 aromatic heterocycles. The molecular formula is C16H16N2O. The van der Waals surface area contributed by atoms with Gasteiger partial charge < -0.3 is 9.73 Å². The summed E-state index contributed by atoms with van der Waals surface area (Å²) < 4.78 is 5.28. The van der Waals surface area contributed by atoms with E-state index in [2.05, 4.69) is 34.6 Å². The molecule has 0 radical (unpaired) electrons. The SMILES string of the molecule is c1coc(CNCCc2cccc3cccnc23)c1. The zero-order valence-electron chi connectivity index (χ0n) is 10.7. The van der Waals surface area contributed by atoms with Crippen LogP contribution in [0.3, 0.4) is 0 Å². The molecule has 0 saturated heterocycles. The van der Waals surface area contributed by atoms with Gasteiger partial charge in [-0.15, -0.1) is 0 Å². The summed E-state index contributed by atoms with van der Waals surface area (Å²) in [5.41, 5.74) is 2.38. The van der Waals surface area contributed by atoms with Gasteiger partial charge in [0.05, 0.1) is 18.3 Å². The maximum atomic E-state index is 5.28. The zero-order valence-corrected chi connectivity index (χ0v) is 10.7. The van der Waals surface area contributed by atoms with Crippen LogP contribution >= 0.6 is 0 Å². The molecule has 0 aliphatic rings. The van der Waals surface area contributed by atoms with Crippen molar-refractivity contribution in [2.45, 2.75) is 13.0 Å². The van der Waals surface area contributed by atoms with E-state index in [-0.39, 0.29) is 0 Å². The van der Waals surface area contributed by atoms with Crippen LogP contribution in [0.5, 0.6) is 0 Å². The van der Waals surface area contributed by atoms with Crippen LogP contribution in [0.2, 0.25) is 0 Å². The van der Waals surface area contributed by atoms with Crippen LogP contribution < -0.4 is 5.32 Å². The van der Waals surface area contributed by atoms with E-state index in [1.165, 1.54) is 10.9 Å². The lowest BCUT2D eigenvalue weighted by molar-refractivity contribution is 0.484. The van der Waals surface area contributed by atoms with E-state index < -0.39 is 0 Å². The number of benzene rings is 1. The smallest absolute Gasteiger partial charge is 0.117 e. The molecule has 0 atom stereocenters. The van der Waals surface area contributed by atoms with Gasteiger partial charge in [0.1, 0.15) is 5.76 Å². The molecule has 0 aliphatic heterocycles.